The monoisotopic (exact) mass is 671 g/mol. The highest BCUT2D eigenvalue weighted by molar-refractivity contribution is 6.41. The van der Waals surface area contributed by atoms with Gasteiger partial charge in [0.25, 0.3) is 11.5 Å². The van der Waals surface area contributed by atoms with Crippen LogP contribution in [0.2, 0.25) is 0 Å². The van der Waals surface area contributed by atoms with Gasteiger partial charge in [0.1, 0.15) is 17.4 Å². The first kappa shape index (κ1) is 32.9. The molecule has 5 aromatic rings. The molecule has 0 unspecified atom stereocenters. The van der Waals surface area contributed by atoms with E-state index in [1.807, 2.05) is 36.5 Å². The van der Waals surface area contributed by atoms with Gasteiger partial charge in [0.2, 0.25) is 5.78 Å². The first-order valence-electron chi connectivity index (χ1n) is 15.3. The number of piperazine rings is 1. The second-order valence-electron chi connectivity index (χ2n) is 11.5. The Morgan fingerprint density at radius 3 is 2.24 bits per heavy atom. The number of hydrogen-bond donors (Lipinski definition) is 1. The molecular weight excluding hydrogens is 642 g/mol. The van der Waals surface area contributed by atoms with E-state index in [-0.39, 0.29) is 25.2 Å². The molecule has 2 aromatic heterocycles. The summed E-state index contributed by atoms with van der Waals surface area (Å²) in [5.74, 6) is -7.12. The van der Waals surface area contributed by atoms with Crippen LogP contribution in [0.4, 0.5) is 23.2 Å². The van der Waals surface area contributed by atoms with Crippen molar-refractivity contribution in [3.8, 4) is 5.69 Å². The molecule has 0 aliphatic carbocycles. The van der Waals surface area contributed by atoms with E-state index in [0.29, 0.717) is 30.8 Å². The second-order valence-corrected chi connectivity index (χ2v) is 11.5. The summed E-state index contributed by atoms with van der Waals surface area (Å²) < 4.78 is 59.6. The quantitative estimate of drug-likeness (QED) is 0.0775. The Bertz CT molecular complexity index is 2110. The zero-order chi connectivity index (χ0) is 34.7. The minimum atomic E-state index is -1.42. The standard InChI is InChI=1S/C36H29F4N5O4/c37-25-4-1-3-23(17-25)21-44-22-24(18-28-30(38)9-10-31(39)34(28)40)19-29(35(44)48)32(46)20-33(47)36(49)43-15-13-42(14-16-43)26-5-7-27(8-6-26)45-12-2-11-41-45/h1-12,17,19-20,22,46H,13-16,18,21H2/b32-20+. The Morgan fingerprint density at radius 1 is 0.837 bits per heavy atom. The molecule has 1 fully saturated rings. The van der Waals surface area contributed by atoms with Gasteiger partial charge in [-0.2, -0.15) is 5.10 Å². The van der Waals surface area contributed by atoms with Crippen molar-refractivity contribution in [2.24, 2.45) is 0 Å². The van der Waals surface area contributed by atoms with Crippen LogP contribution in [0.25, 0.3) is 11.4 Å². The van der Waals surface area contributed by atoms with Crippen LogP contribution >= 0.6 is 0 Å². The Balaban J connectivity index is 1.21. The predicted molar refractivity (Wildman–Crippen MR) is 173 cm³/mol. The molecule has 0 bridgehead atoms. The SMILES string of the molecule is O=C(/C=C(/O)c1cc(Cc2c(F)ccc(F)c2F)cn(Cc2cccc(F)c2)c1=O)C(=O)N1CCN(c2ccc(-n3cccn3)cc2)CC1. The fourth-order valence-corrected chi connectivity index (χ4v) is 5.69. The number of aliphatic hydroxyl groups is 1. The van der Waals surface area contributed by atoms with Crippen molar-refractivity contribution in [3.05, 3.63) is 153 Å². The van der Waals surface area contributed by atoms with Gasteiger partial charge >= 0.3 is 0 Å². The summed E-state index contributed by atoms with van der Waals surface area (Å²) in [7, 11) is 0. The summed E-state index contributed by atoms with van der Waals surface area (Å²) in [6, 6.07) is 17.4. The Labute approximate surface area is 277 Å². The zero-order valence-electron chi connectivity index (χ0n) is 25.9. The van der Waals surface area contributed by atoms with Gasteiger partial charge in [-0.25, -0.2) is 22.2 Å². The van der Waals surface area contributed by atoms with E-state index >= 15 is 0 Å². The maximum atomic E-state index is 14.5. The van der Waals surface area contributed by atoms with Crippen LogP contribution in [-0.4, -0.2) is 62.2 Å². The number of carbonyl (C=O) groups is 2. The summed E-state index contributed by atoms with van der Waals surface area (Å²) in [4.78, 5) is 42.9. The minimum Gasteiger partial charge on any atom is -0.507 e. The average Bonchev–Trinajstić information content (AvgIpc) is 3.65. The van der Waals surface area contributed by atoms with Crippen LogP contribution in [0.1, 0.15) is 22.3 Å². The van der Waals surface area contributed by atoms with Crippen molar-refractivity contribution in [1.82, 2.24) is 19.2 Å². The molecule has 1 N–H and O–H groups in total. The van der Waals surface area contributed by atoms with Crippen LogP contribution in [0.15, 0.2) is 102 Å². The first-order valence-corrected chi connectivity index (χ1v) is 15.3. The number of pyridine rings is 1. The van der Waals surface area contributed by atoms with Crippen molar-refractivity contribution in [3.63, 3.8) is 0 Å². The van der Waals surface area contributed by atoms with Crippen molar-refractivity contribution >= 4 is 23.1 Å². The van der Waals surface area contributed by atoms with E-state index in [4.69, 9.17) is 0 Å². The molecule has 1 amide bonds. The van der Waals surface area contributed by atoms with Crippen molar-refractivity contribution in [2.75, 3.05) is 31.1 Å². The number of benzene rings is 3. The summed E-state index contributed by atoms with van der Waals surface area (Å²) in [5.41, 5.74) is 0.353. The van der Waals surface area contributed by atoms with Crippen LogP contribution in [-0.2, 0) is 22.6 Å². The van der Waals surface area contributed by atoms with Crippen LogP contribution in [0, 0.1) is 23.3 Å². The third-order valence-corrected chi connectivity index (χ3v) is 8.21. The molecule has 49 heavy (non-hydrogen) atoms. The van der Waals surface area contributed by atoms with Crippen molar-refractivity contribution in [1.29, 1.82) is 0 Å². The molecule has 1 saturated heterocycles. The lowest BCUT2D eigenvalue weighted by atomic mass is 10.0. The molecule has 6 rings (SSSR count). The fraction of sp³-hybridized carbons (Fsp3) is 0.167. The van der Waals surface area contributed by atoms with Crippen LogP contribution in [0.5, 0.6) is 0 Å². The number of ketones is 1. The number of hydrogen-bond acceptors (Lipinski definition) is 6. The lowest BCUT2D eigenvalue weighted by Gasteiger charge is -2.35. The molecule has 0 atom stereocenters. The molecule has 0 saturated carbocycles. The van der Waals surface area contributed by atoms with Crippen LogP contribution < -0.4 is 10.5 Å². The summed E-state index contributed by atoms with van der Waals surface area (Å²) in [5, 5.41) is 15.2. The lowest BCUT2D eigenvalue weighted by Crippen LogP contribution is -2.50. The van der Waals surface area contributed by atoms with E-state index in [1.54, 1.807) is 16.9 Å². The largest absolute Gasteiger partial charge is 0.507 e. The van der Waals surface area contributed by atoms with Gasteiger partial charge in [0, 0.05) is 68.5 Å². The van der Waals surface area contributed by atoms with Gasteiger partial charge < -0.3 is 19.5 Å². The molecule has 3 heterocycles. The van der Waals surface area contributed by atoms with E-state index in [2.05, 4.69) is 10.00 Å². The molecule has 1 aliphatic rings. The molecule has 1 aliphatic heterocycles. The molecule has 0 radical (unpaired) electrons. The Kier molecular flexibility index (Phi) is 9.42. The Morgan fingerprint density at radius 2 is 1.55 bits per heavy atom. The maximum absolute atomic E-state index is 14.5. The molecule has 250 valence electrons. The number of rotatable bonds is 9. The van der Waals surface area contributed by atoms with Crippen molar-refractivity contribution in [2.45, 2.75) is 13.0 Å². The van der Waals surface area contributed by atoms with Crippen molar-refractivity contribution < 1.29 is 32.3 Å². The average molecular weight is 672 g/mol. The third kappa shape index (κ3) is 7.30. The fourth-order valence-electron chi connectivity index (χ4n) is 5.69. The van der Waals surface area contributed by atoms with Gasteiger partial charge in [-0.3, -0.25) is 14.4 Å². The number of aromatic nitrogens is 3. The minimum absolute atomic E-state index is 0.0712. The summed E-state index contributed by atoms with van der Waals surface area (Å²) in [6.45, 7) is 1.12. The van der Waals surface area contributed by atoms with Gasteiger partial charge in [0.15, 0.2) is 11.6 Å². The predicted octanol–water partition coefficient (Wildman–Crippen LogP) is 5.05. The summed E-state index contributed by atoms with van der Waals surface area (Å²) in [6.07, 6.45) is 4.85. The lowest BCUT2D eigenvalue weighted by molar-refractivity contribution is -0.142. The number of carbonyl (C=O) groups excluding carboxylic acids is 2. The maximum Gasteiger partial charge on any atom is 0.294 e. The van der Waals surface area contributed by atoms with Gasteiger partial charge in [-0.15, -0.1) is 0 Å². The van der Waals surface area contributed by atoms with Gasteiger partial charge in [0.05, 0.1) is 17.8 Å². The number of amides is 1. The van der Waals surface area contributed by atoms with E-state index in [0.717, 1.165) is 28.1 Å². The molecule has 0 spiro atoms. The zero-order valence-corrected chi connectivity index (χ0v) is 25.9. The van der Waals surface area contributed by atoms with Gasteiger partial charge in [-0.1, -0.05) is 12.1 Å². The van der Waals surface area contributed by atoms with E-state index in [9.17, 15) is 37.1 Å². The topological polar surface area (TPSA) is 101 Å². The molecular formula is C36H29F4N5O4. The van der Waals surface area contributed by atoms with Crippen LogP contribution in [0.3, 0.4) is 0 Å². The van der Waals surface area contributed by atoms with E-state index in [1.165, 1.54) is 29.3 Å². The first-order chi connectivity index (χ1) is 23.6. The smallest absolute Gasteiger partial charge is 0.294 e. The molecule has 3 aromatic carbocycles. The highest BCUT2D eigenvalue weighted by Gasteiger charge is 2.26. The number of nitrogens with zero attached hydrogens (tertiary/aromatic N) is 5. The van der Waals surface area contributed by atoms with Gasteiger partial charge in [-0.05, 0) is 71.8 Å². The summed E-state index contributed by atoms with van der Waals surface area (Å²) >= 11 is 0. The number of anilines is 1. The normalized spacial score (nSPS) is 13.5. The van der Waals surface area contributed by atoms with E-state index < -0.39 is 63.8 Å². The number of aliphatic hydroxyl groups excluding tert-OH is 1. The molecule has 13 heteroatoms. The second kappa shape index (κ2) is 14.0. The highest BCUT2D eigenvalue weighted by Crippen LogP contribution is 2.22. The third-order valence-electron chi connectivity index (χ3n) is 8.21. The molecule has 9 nitrogen and oxygen atoms in total. The Hall–Kier alpha value is -5.98. The number of halogens is 4. The highest BCUT2D eigenvalue weighted by atomic mass is 19.2.